The quantitative estimate of drug-likeness (QED) is 0.244. The second kappa shape index (κ2) is 12.4. The average molecular weight is 578 g/mol. The van der Waals surface area contributed by atoms with Gasteiger partial charge in [0.05, 0.1) is 6.61 Å². The van der Waals surface area contributed by atoms with Crippen LogP contribution in [0.5, 0.6) is 11.5 Å². The number of halogens is 1. The third-order valence-electron chi connectivity index (χ3n) is 5.84. The number of nitrogens with one attached hydrogen (secondary N) is 2. The Morgan fingerprint density at radius 1 is 1.00 bits per heavy atom. The smallest absolute Gasteiger partial charge is 0.329 e. The summed E-state index contributed by atoms with van der Waals surface area (Å²) >= 11 is 3.53. The summed E-state index contributed by atoms with van der Waals surface area (Å²) in [6, 6.07) is 20.0. The number of anilines is 1. The Morgan fingerprint density at radius 2 is 1.71 bits per heavy atom. The molecule has 0 aliphatic carbocycles. The summed E-state index contributed by atoms with van der Waals surface area (Å²) in [5.41, 5.74) is 3.29. The van der Waals surface area contributed by atoms with E-state index < -0.39 is 24.4 Å². The molecule has 38 heavy (non-hydrogen) atoms. The maximum Gasteiger partial charge on any atom is 0.329 e. The second-order valence-corrected chi connectivity index (χ2v) is 9.32. The molecule has 0 spiro atoms. The van der Waals surface area contributed by atoms with Crippen molar-refractivity contribution < 1.29 is 23.9 Å². The minimum Gasteiger partial charge on any atom is -0.490 e. The predicted octanol–water partition coefficient (Wildman–Crippen LogP) is 5.52. The van der Waals surface area contributed by atoms with Gasteiger partial charge in [0.2, 0.25) is 5.91 Å². The first-order chi connectivity index (χ1) is 18.4. The molecule has 1 heterocycles. The molecule has 4 rings (SSSR count). The average Bonchev–Trinajstić information content (AvgIpc) is 3.17. The second-order valence-electron chi connectivity index (χ2n) is 8.47. The molecule has 4 amide bonds. The molecule has 1 saturated heterocycles. The normalized spacial score (nSPS) is 14.0. The van der Waals surface area contributed by atoms with E-state index in [1.165, 1.54) is 6.08 Å². The van der Waals surface area contributed by atoms with Crippen LogP contribution < -0.4 is 20.1 Å². The van der Waals surface area contributed by atoms with Crippen molar-refractivity contribution in [2.45, 2.75) is 26.9 Å². The van der Waals surface area contributed by atoms with Crippen LogP contribution in [0, 0.1) is 0 Å². The third-order valence-corrected chi connectivity index (χ3v) is 6.52. The van der Waals surface area contributed by atoms with Crippen LogP contribution in [0.25, 0.3) is 6.08 Å². The summed E-state index contributed by atoms with van der Waals surface area (Å²) in [6.07, 6.45) is 2.28. The highest BCUT2D eigenvalue weighted by Gasteiger charge is 2.35. The lowest BCUT2D eigenvalue weighted by molar-refractivity contribution is -0.127. The molecule has 0 aromatic heterocycles. The third kappa shape index (κ3) is 6.41. The lowest BCUT2D eigenvalue weighted by Gasteiger charge is -2.14. The predicted molar refractivity (Wildman–Crippen MR) is 149 cm³/mol. The van der Waals surface area contributed by atoms with Crippen molar-refractivity contribution >= 4 is 45.5 Å². The van der Waals surface area contributed by atoms with Gasteiger partial charge in [-0.05, 0) is 54.3 Å². The van der Waals surface area contributed by atoms with E-state index >= 15 is 0 Å². The largest absolute Gasteiger partial charge is 0.490 e. The van der Waals surface area contributed by atoms with Gasteiger partial charge in [-0.25, -0.2) is 9.69 Å². The van der Waals surface area contributed by atoms with Crippen LogP contribution in [-0.4, -0.2) is 35.9 Å². The SMILES string of the molecule is CCOc1cc(/C=C2/NC(=O)N(CC(=O)Nc3ccccc3CC)C2=O)c(Br)cc1OCc1ccccc1. The summed E-state index contributed by atoms with van der Waals surface area (Å²) in [5.74, 6) is -0.0168. The van der Waals surface area contributed by atoms with Gasteiger partial charge in [0, 0.05) is 10.2 Å². The van der Waals surface area contributed by atoms with Crippen LogP contribution in [-0.2, 0) is 22.6 Å². The van der Waals surface area contributed by atoms with Crippen molar-refractivity contribution in [3.05, 3.63) is 93.6 Å². The zero-order valence-corrected chi connectivity index (χ0v) is 22.7. The summed E-state index contributed by atoms with van der Waals surface area (Å²) < 4.78 is 12.4. The van der Waals surface area contributed by atoms with E-state index in [0.29, 0.717) is 40.4 Å². The number of carbonyl (C=O) groups is 3. The number of ether oxygens (including phenoxy) is 2. The van der Waals surface area contributed by atoms with Crippen molar-refractivity contribution in [3.63, 3.8) is 0 Å². The standard InChI is InChI=1S/C29H28BrN3O5/c1-3-20-12-8-9-13-23(20)31-27(34)17-33-28(35)24(32-29(33)36)14-21-15-25(37-4-2)26(16-22(21)30)38-18-19-10-6-5-7-11-19/h5-16H,3-4,17-18H2,1-2H3,(H,31,34)(H,32,36)/b24-14+. The summed E-state index contributed by atoms with van der Waals surface area (Å²) in [6.45, 7) is 4.22. The molecule has 0 radical (unpaired) electrons. The molecule has 0 saturated carbocycles. The number of para-hydroxylation sites is 1. The number of benzene rings is 3. The minimum atomic E-state index is -0.663. The summed E-state index contributed by atoms with van der Waals surface area (Å²) in [7, 11) is 0. The number of rotatable bonds is 10. The van der Waals surface area contributed by atoms with E-state index in [2.05, 4.69) is 26.6 Å². The first-order valence-electron chi connectivity index (χ1n) is 12.2. The Kier molecular flexibility index (Phi) is 8.81. The van der Waals surface area contributed by atoms with Gasteiger partial charge in [0.15, 0.2) is 11.5 Å². The van der Waals surface area contributed by atoms with Crippen molar-refractivity contribution in [1.29, 1.82) is 0 Å². The summed E-state index contributed by atoms with van der Waals surface area (Å²) in [5, 5.41) is 5.34. The molecule has 3 aromatic carbocycles. The van der Waals surface area contributed by atoms with E-state index in [1.807, 2.05) is 62.4 Å². The Balaban J connectivity index is 1.49. The highest BCUT2D eigenvalue weighted by molar-refractivity contribution is 9.10. The van der Waals surface area contributed by atoms with E-state index in [4.69, 9.17) is 9.47 Å². The Bertz CT molecular complexity index is 1370. The van der Waals surface area contributed by atoms with Gasteiger partial charge in [-0.1, -0.05) is 71.4 Å². The van der Waals surface area contributed by atoms with Gasteiger partial charge < -0.3 is 20.1 Å². The van der Waals surface area contributed by atoms with Gasteiger partial charge in [-0.2, -0.15) is 0 Å². The van der Waals surface area contributed by atoms with E-state index in [-0.39, 0.29) is 5.70 Å². The number of aryl methyl sites for hydroxylation is 1. The number of nitrogens with zero attached hydrogens (tertiary/aromatic N) is 1. The molecule has 8 nitrogen and oxygen atoms in total. The number of hydrogen-bond donors (Lipinski definition) is 2. The molecule has 1 aliphatic heterocycles. The molecule has 1 fully saturated rings. The lowest BCUT2D eigenvalue weighted by Crippen LogP contribution is -2.38. The molecule has 1 aliphatic rings. The van der Waals surface area contributed by atoms with Crippen LogP contribution in [0.15, 0.2) is 76.9 Å². The van der Waals surface area contributed by atoms with Gasteiger partial charge >= 0.3 is 6.03 Å². The molecule has 9 heteroatoms. The summed E-state index contributed by atoms with van der Waals surface area (Å²) in [4.78, 5) is 39.0. The fourth-order valence-corrected chi connectivity index (χ4v) is 4.37. The van der Waals surface area contributed by atoms with E-state index in [1.54, 1.807) is 18.2 Å². The highest BCUT2D eigenvalue weighted by atomic mass is 79.9. The van der Waals surface area contributed by atoms with Crippen LogP contribution in [0.3, 0.4) is 0 Å². The van der Waals surface area contributed by atoms with Crippen molar-refractivity contribution in [3.8, 4) is 11.5 Å². The highest BCUT2D eigenvalue weighted by Crippen LogP contribution is 2.35. The van der Waals surface area contributed by atoms with Crippen molar-refractivity contribution in [2.75, 3.05) is 18.5 Å². The maximum atomic E-state index is 13.0. The number of imide groups is 1. The van der Waals surface area contributed by atoms with E-state index in [0.717, 1.165) is 22.4 Å². The zero-order valence-electron chi connectivity index (χ0n) is 21.1. The first kappa shape index (κ1) is 26.9. The zero-order chi connectivity index (χ0) is 27.1. The number of hydrogen-bond acceptors (Lipinski definition) is 5. The van der Waals surface area contributed by atoms with Crippen LogP contribution >= 0.6 is 15.9 Å². The van der Waals surface area contributed by atoms with E-state index in [9.17, 15) is 14.4 Å². The Hall–Kier alpha value is -4.11. The molecule has 3 aromatic rings. The van der Waals surface area contributed by atoms with Crippen molar-refractivity contribution in [1.82, 2.24) is 10.2 Å². The Morgan fingerprint density at radius 3 is 2.45 bits per heavy atom. The molecule has 196 valence electrons. The van der Waals surface area contributed by atoms with Gasteiger partial charge in [0.25, 0.3) is 5.91 Å². The van der Waals surface area contributed by atoms with Gasteiger partial charge in [0.1, 0.15) is 18.8 Å². The lowest BCUT2D eigenvalue weighted by atomic mass is 10.1. The fourth-order valence-electron chi connectivity index (χ4n) is 3.93. The molecule has 0 atom stereocenters. The van der Waals surface area contributed by atoms with Crippen LogP contribution in [0.2, 0.25) is 0 Å². The molecular formula is C29H28BrN3O5. The first-order valence-corrected chi connectivity index (χ1v) is 13.0. The van der Waals surface area contributed by atoms with Gasteiger partial charge in [-0.15, -0.1) is 0 Å². The minimum absolute atomic E-state index is 0.0536. The monoisotopic (exact) mass is 577 g/mol. The maximum absolute atomic E-state index is 13.0. The molecule has 2 N–H and O–H groups in total. The number of amides is 4. The topological polar surface area (TPSA) is 97.0 Å². The Labute approximate surface area is 229 Å². The fraction of sp³-hybridized carbons (Fsp3) is 0.207. The van der Waals surface area contributed by atoms with Crippen LogP contribution in [0.1, 0.15) is 30.5 Å². The number of urea groups is 1. The number of carbonyl (C=O) groups excluding carboxylic acids is 3. The molecule has 0 bridgehead atoms. The van der Waals surface area contributed by atoms with Crippen molar-refractivity contribution in [2.24, 2.45) is 0 Å². The molecular weight excluding hydrogens is 550 g/mol. The van der Waals surface area contributed by atoms with Gasteiger partial charge in [-0.3, -0.25) is 9.59 Å². The van der Waals surface area contributed by atoms with Crippen LogP contribution in [0.4, 0.5) is 10.5 Å². The molecule has 0 unspecified atom stereocenters.